The number of nitrogens with zero attached hydrogens (tertiary/aromatic N) is 4. The van der Waals surface area contributed by atoms with Crippen molar-refractivity contribution in [3.8, 4) is 23.1 Å². The summed E-state index contributed by atoms with van der Waals surface area (Å²) in [6.07, 6.45) is 0. The molecule has 0 radical (unpaired) electrons. The lowest BCUT2D eigenvalue weighted by Gasteiger charge is -2.10. The van der Waals surface area contributed by atoms with Gasteiger partial charge in [0.15, 0.2) is 11.0 Å². The maximum absolute atomic E-state index is 8.95. The highest BCUT2D eigenvalue weighted by molar-refractivity contribution is 7.98. The second-order valence-corrected chi connectivity index (χ2v) is 7.38. The van der Waals surface area contributed by atoms with E-state index in [0.29, 0.717) is 5.56 Å². The molecule has 0 spiro atoms. The molecule has 0 saturated heterocycles. The van der Waals surface area contributed by atoms with E-state index < -0.39 is 0 Å². The predicted molar refractivity (Wildman–Crippen MR) is 112 cm³/mol. The second-order valence-electron chi connectivity index (χ2n) is 6.44. The highest BCUT2D eigenvalue weighted by atomic mass is 32.2. The molecule has 136 valence electrons. The van der Waals surface area contributed by atoms with Gasteiger partial charge in [0.05, 0.1) is 11.6 Å². The van der Waals surface area contributed by atoms with Gasteiger partial charge in [-0.05, 0) is 36.8 Å². The quantitative estimate of drug-likeness (QED) is 0.433. The van der Waals surface area contributed by atoms with Crippen molar-refractivity contribution in [2.75, 3.05) is 0 Å². The van der Waals surface area contributed by atoms with Crippen molar-refractivity contribution < 1.29 is 0 Å². The van der Waals surface area contributed by atoms with Crippen LogP contribution >= 0.6 is 11.8 Å². The first-order valence-electron chi connectivity index (χ1n) is 8.94. The Labute approximate surface area is 168 Å². The number of nitriles is 1. The van der Waals surface area contributed by atoms with Crippen molar-refractivity contribution in [2.24, 2.45) is 0 Å². The minimum absolute atomic E-state index is 0.669. The summed E-state index contributed by atoms with van der Waals surface area (Å²) >= 11 is 1.63. The van der Waals surface area contributed by atoms with Crippen LogP contribution in [0.5, 0.6) is 0 Å². The fourth-order valence-corrected chi connectivity index (χ4v) is 3.79. The van der Waals surface area contributed by atoms with Gasteiger partial charge in [-0.3, -0.25) is 4.57 Å². The summed E-state index contributed by atoms with van der Waals surface area (Å²) in [5.74, 6) is 1.58. The summed E-state index contributed by atoms with van der Waals surface area (Å²) in [6.45, 7) is 2.07. The molecule has 0 amide bonds. The van der Waals surface area contributed by atoms with E-state index in [9.17, 15) is 0 Å². The Kier molecular flexibility index (Phi) is 5.22. The van der Waals surface area contributed by atoms with Crippen LogP contribution < -0.4 is 0 Å². The molecular weight excluding hydrogens is 364 g/mol. The summed E-state index contributed by atoms with van der Waals surface area (Å²) in [6, 6.07) is 28.3. The smallest absolute Gasteiger partial charge is 0.196 e. The monoisotopic (exact) mass is 382 g/mol. The first kappa shape index (κ1) is 18.0. The normalized spacial score (nSPS) is 10.6. The average molecular weight is 382 g/mol. The number of benzene rings is 3. The van der Waals surface area contributed by atoms with Gasteiger partial charge in [0, 0.05) is 17.0 Å². The van der Waals surface area contributed by atoms with Gasteiger partial charge < -0.3 is 0 Å². The largest absolute Gasteiger partial charge is 0.270 e. The molecule has 4 rings (SSSR count). The van der Waals surface area contributed by atoms with Gasteiger partial charge in [0.1, 0.15) is 0 Å². The SMILES string of the molecule is Cc1ccc(-c2nnc(SCc3ccc(C#N)cc3)n2-c2ccccc2)cc1. The van der Waals surface area contributed by atoms with E-state index in [4.69, 9.17) is 5.26 Å². The fraction of sp³-hybridized carbons (Fsp3) is 0.0870. The van der Waals surface area contributed by atoms with Crippen LogP contribution in [0.25, 0.3) is 17.1 Å². The predicted octanol–water partition coefficient (Wildman–Crippen LogP) is 5.41. The Morgan fingerprint density at radius 2 is 1.61 bits per heavy atom. The molecule has 5 heteroatoms. The third kappa shape index (κ3) is 3.83. The van der Waals surface area contributed by atoms with Gasteiger partial charge in [-0.1, -0.05) is 71.9 Å². The number of hydrogen-bond donors (Lipinski definition) is 0. The number of rotatable bonds is 5. The van der Waals surface area contributed by atoms with Gasteiger partial charge in [-0.25, -0.2) is 0 Å². The number of thioether (sulfide) groups is 1. The Balaban J connectivity index is 1.68. The third-order valence-electron chi connectivity index (χ3n) is 4.41. The zero-order valence-electron chi connectivity index (χ0n) is 15.4. The summed E-state index contributed by atoms with van der Waals surface area (Å²) in [7, 11) is 0. The minimum atomic E-state index is 0.669. The Morgan fingerprint density at radius 3 is 2.29 bits per heavy atom. The molecule has 0 aliphatic heterocycles. The topological polar surface area (TPSA) is 54.5 Å². The van der Waals surface area contributed by atoms with E-state index >= 15 is 0 Å². The van der Waals surface area contributed by atoms with Crippen LogP contribution in [0.3, 0.4) is 0 Å². The van der Waals surface area contributed by atoms with Gasteiger partial charge in [-0.2, -0.15) is 5.26 Å². The van der Waals surface area contributed by atoms with Crippen molar-refractivity contribution in [3.63, 3.8) is 0 Å². The van der Waals surface area contributed by atoms with E-state index in [-0.39, 0.29) is 0 Å². The molecule has 1 heterocycles. The Hall–Kier alpha value is -3.36. The molecule has 0 N–H and O–H groups in total. The lowest BCUT2D eigenvalue weighted by molar-refractivity contribution is 0.886. The van der Waals surface area contributed by atoms with Crippen molar-refractivity contribution in [3.05, 3.63) is 95.6 Å². The number of para-hydroxylation sites is 1. The van der Waals surface area contributed by atoms with Crippen LogP contribution in [-0.4, -0.2) is 14.8 Å². The number of hydrogen-bond acceptors (Lipinski definition) is 4. The lowest BCUT2D eigenvalue weighted by atomic mass is 10.1. The Morgan fingerprint density at radius 1 is 0.893 bits per heavy atom. The molecule has 28 heavy (non-hydrogen) atoms. The molecule has 0 atom stereocenters. The van der Waals surface area contributed by atoms with Crippen molar-refractivity contribution in [1.82, 2.24) is 14.8 Å². The van der Waals surface area contributed by atoms with E-state index in [2.05, 4.69) is 64.2 Å². The third-order valence-corrected chi connectivity index (χ3v) is 5.41. The zero-order chi connectivity index (χ0) is 19.3. The molecule has 4 nitrogen and oxygen atoms in total. The molecule has 0 bridgehead atoms. The molecule has 0 saturated carbocycles. The number of aryl methyl sites for hydroxylation is 1. The molecule has 0 aliphatic carbocycles. The molecule has 0 aliphatic rings. The molecule has 0 fully saturated rings. The first-order valence-corrected chi connectivity index (χ1v) is 9.93. The van der Waals surface area contributed by atoms with E-state index in [1.165, 1.54) is 5.56 Å². The lowest BCUT2D eigenvalue weighted by Crippen LogP contribution is -1.99. The fourth-order valence-electron chi connectivity index (χ4n) is 2.89. The number of aromatic nitrogens is 3. The van der Waals surface area contributed by atoms with Crippen molar-refractivity contribution >= 4 is 11.8 Å². The zero-order valence-corrected chi connectivity index (χ0v) is 16.2. The van der Waals surface area contributed by atoms with Crippen molar-refractivity contribution in [2.45, 2.75) is 17.8 Å². The summed E-state index contributed by atoms with van der Waals surface area (Å²) in [5, 5.41) is 18.7. The highest BCUT2D eigenvalue weighted by Crippen LogP contribution is 2.29. The van der Waals surface area contributed by atoms with E-state index in [1.54, 1.807) is 11.8 Å². The summed E-state index contributed by atoms with van der Waals surface area (Å²) < 4.78 is 2.10. The molecule has 3 aromatic carbocycles. The van der Waals surface area contributed by atoms with Crippen LogP contribution in [0.15, 0.2) is 84.0 Å². The van der Waals surface area contributed by atoms with Crippen LogP contribution in [-0.2, 0) is 5.75 Å². The maximum atomic E-state index is 8.95. The van der Waals surface area contributed by atoms with Crippen LogP contribution in [0.1, 0.15) is 16.7 Å². The minimum Gasteiger partial charge on any atom is -0.270 e. The maximum Gasteiger partial charge on any atom is 0.196 e. The Bertz CT molecular complexity index is 1110. The van der Waals surface area contributed by atoms with Gasteiger partial charge in [0.25, 0.3) is 0 Å². The molecule has 4 aromatic rings. The first-order chi connectivity index (χ1) is 13.7. The second kappa shape index (κ2) is 8.12. The van der Waals surface area contributed by atoms with Crippen LogP contribution in [0, 0.1) is 18.3 Å². The van der Waals surface area contributed by atoms with E-state index in [1.807, 2.05) is 42.5 Å². The molecular formula is C23H18N4S. The standard InChI is InChI=1S/C23H18N4S/c1-17-7-13-20(14-8-17)22-25-26-23(27(22)21-5-3-2-4-6-21)28-16-19-11-9-18(15-24)10-12-19/h2-14H,16H2,1H3. The van der Waals surface area contributed by atoms with Gasteiger partial charge in [0.2, 0.25) is 0 Å². The highest BCUT2D eigenvalue weighted by Gasteiger charge is 2.16. The van der Waals surface area contributed by atoms with Crippen LogP contribution in [0.2, 0.25) is 0 Å². The summed E-state index contributed by atoms with van der Waals surface area (Å²) in [4.78, 5) is 0. The average Bonchev–Trinajstić information content (AvgIpc) is 3.17. The van der Waals surface area contributed by atoms with E-state index in [0.717, 1.165) is 33.5 Å². The summed E-state index contributed by atoms with van der Waals surface area (Å²) in [5.41, 5.74) is 5.09. The molecule has 1 aromatic heterocycles. The molecule has 0 unspecified atom stereocenters. The van der Waals surface area contributed by atoms with Crippen LogP contribution in [0.4, 0.5) is 0 Å². The van der Waals surface area contributed by atoms with Gasteiger partial charge >= 0.3 is 0 Å². The van der Waals surface area contributed by atoms with Crippen molar-refractivity contribution in [1.29, 1.82) is 5.26 Å². The van der Waals surface area contributed by atoms with Gasteiger partial charge in [-0.15, -0.1) is 10.2 Å².